The fourth-order valence-electron chi connectivity index (χ4n) is 0.326. The van der Waals surface area contributed by atoms with Crippen LogP contribution in [-0.4, -0.2) is 6.21 Å². The standard InChI is InChI=1S/C6H8INO/c1-3-6(4-2)5-8-9-7/h3-5H,1H2,2H3/b6-4+,8-5+. The summed E-state index contributed by atoms with van der Waals surface area (Å²) in [5.41, 5.74) is 0.951. The average molecular weight is 237 g/mol. The highest BCUT2D eigenvalue weighted by Gasteiger charge is 1.79. The van der Waals surface area contributed by atoms with E-state index in [0.29, 0.717) is 0 Å². The first-order chi connectivity index (χ1) is 4.35. The second-order valence-corrected chi connectivity index (χ2v) is 1.69. The van der Waals surface area contributed by atoms with Crippen LogP contribution in [0.15, 0.2) is 29.5 Å². The van der Waals surface area contributed by atoms with E-state index in [2.05, 4.69) is 14.9 Å². The Hall–Kier alpha value is -0.320. The van der Waals surface area contributed by atoms with Crippen LogP contribution in [0.1, 0.15) is 6.92 Å². The zero-order valence-corrected chi connectivity index (χ0v) is 7.33. The molecule has 0 aromatic rings. The van der Waals surface area contributed by atoms with E-state index in [4.69, 9.17) is 0 Å². The summed E-state index contributed by atoms with van der Waals surface area (Å²) in [7, 11) is 0. The highest BCUT2D eigenvalue weighted by Crippen LogP contribution is 1.92. The van der Waals surface area contributed by atoms with Crippen molar-refractivity contribution in [1.82, 2.24) is 0 Å². The van der Waals surface area contributed by atoms with Crippen molar-refractivity contribution in [3.05, 3.63) is 24.3 Å². The van der Waals surface area contributed by atoms with Gasteiger partial charge in [0.25, 0.3) is 0 Å². The van der Waals surface area contributed by atoms with Gasteiger partial charge in [-0.2, -0.15) is 0 Å². The highest BCUT2D eigenvalue weighted by atomic mass is 127. The molecule has 0 rings (SSSR count). The monoisotopic (exact) mass is 237 g/mol. The molecule has 50 valence electrons. The Morgan fingerprint density at radius 3 is 2.78 bits per heavy atom. The number of rotatable bonds is 3. The number of hydrogen-bond donors (Lipinski definition) is 0. The van der Waals surface area contributed by atoms with Gasteiger partial charge in [-0.15, -0.1) is 0 Å². The number of allylic oxidation sites excluding steroid dienone is 3. The third-order valence-electron chi connectivity index (χ3n) is 0.811. The molecule has 0 aliphatic heterocycles. The number of halogens is 1. The van der Waals surface area contributed by atoms with Crippen molar-refractivity contribution >= 4 is 29.2 Å². The van der Waals surface area contributed by atoms with E-state index in [-0.39, 0.29) is 0 Å². The lowest BCUT2D eigenvalue weighted by molar-refractivity contribution is 0.468. The zero-order chi connectivity index (χ0) is 7.11. The molecule has 0 saturated carbocycles. The summed E-state index contributed by atoms with van der Waals surface area (Å²) in [6, 6.07) is 0. The first-order valence-electron chi connectivity index (χ1n) is 2.45. The molecule has 0 aromatic heterocycles. The molecule has 0 unspecified atom stereocenters. The van der Waals surface area contributed by atoms with Crippen molar-refractivity contribution in [2.75, 3.05) is 0 Å². The first kappa shape index (κ1) is 8.68. The quantitative estimate of drug-likeness (QED) is 0.320. The van der Waals surface area contributed by atoms with Gasteiger partial charge in [0.1, 0.15) is 0 Å². The van der Waals surface area contributed by atoms with Crippen LogP contribution in [-0.2, 0) is 3.17 Å². The zero-order valence-electron chi connectivity index (χ0n) is 5.17. The minimum absolute atomic E-state index is 0.951. The molecular formula is C6H8INO. The average Bonchev–Trinajstić information content (AvgIpc) is 1.91. The van der Waals surface area contributed by atoms with Gasteiger partial charge < -0.3 is 3.17 Å². The van der Waals surface area contributed by atoms with Crippen molar-refractivity contribution in [1.29, 1.82) is 0 Å². The van der Waals surface area contributed by atoms with Crippen LogP contribution >= 0.6 is 23.0 Å². The normalized spacial score (nSPS) is 12.0. The van der Waals surface area contributed by atoms with Crippen molar-refractivity contribution in [2.24, 2.45) is 5.16 Å². The van der Waals surface area contributed by atoms with E-state index < -0.39 is 0 Å². The van der Waals surface area contributed by atoms with E-state index in [1.54, 1.807) is 35.3 Å². The second kappa shape index (κ2) is 5.81. The Morgan fingerprint density at radius 2 is 2.44 bits per heavy atom. The molecule has 0 radical (unpaired) electrons. The summed E-state index contributed by atoms with van der Waals surface area (Å²) in [5.74, 6) is 0. The van der Waals surface area contributed by atoms with Crippen LogP contribution in [0.5, 0.6) is 0 Å². The molecule has 0 fully saturated rings. The molecule has 0 spiro atoms. The van der Waals surface area contributed by atoms with Crippen LogP contribution in [0.25, 0.3) is 0 Å². The molecule has 3 heteroatoms. The van der Waals surface area contributed by atoms with Gasteiger partial charge in [-0.05, 0) is 12.5 Å². The molecule has 0 aliphatic rings. The SMILES string of the molecule is C=CC(/C=N/OI)=C\C. The van der Waals surface area contributed by atoms with E-state index in [1.807, 2.05) is 13.0 Å². The van der Waals surface area contributed by atoms with E-state index >= 15 is 0 Å². The van der Waals surface area contributed by atoms with Gasteiger partial charge in [0.15, 0.2) is 0 Å². The Balaban J connectivity index is 3.84. The predicted octanol–water partition coefficient (Wildman–Crippen LogP) is 2.47. The third-order valence-corrected chi connectivity index (χ3v) is 1.04. The Kier molecular flexibility index (Phi) is 5.60. The predicted molar refractivity (Wildman–Crippen MR) is 47.6 cm³/mol. The molecular weight excluding hydrogens is 229 g/mol. The summed E-state index contributed by atoms with van der Waals surface area (Å²) < 4.78 is 4.43. The van der Waals surface area contributed by atoms with Crippen molar-refractivity contribution in [3.8, 4) is 0 Å². The molecule has 0 saturated heterocycles. The van der Waals surface area contributed by atoms with Gasteiger partial charge in [-0.25, -0.2) is 0 Å². The molecule has 0 aliphatic carbocycles. The maximum absolute atomic E-state index is 4.43. The minimum atomic E-state index is 0.951. The van der Waals surface area contributed by atoms with Crippen LogP contribution in [0, 0.1) is 0 Å². The third kappa shape index (κ3) is 4.20. The van der Waals surface area contributed by atoms with Crippen molar-refractivity contribution < 1.29 is 3.17 Å². The molecule has 9 heavy (non-hydrogen) atoms. The Bertz CT molecular complexity index is 140. The smallest absolute Gasteiger partial charge is 0.230 e. The van der Waals surface area contributed by atoms with E-state index in [9.17, 15) is 0 Å². The maximum Gasteiger partial charge on any atom is 0.230 e. The van der Waals surface area contributed by atoms with Gasteiger partial charge in [0, 0.05) is 0 Å². The van der Waals surface area contributed by atoms with E-state index in [1.165, 1.54) is 0 Å². The molecule has 0 bridgehead atoms. The van der Waals surface area contributed by atoms with Crippen LogP contribution in [0.2, 0.25) is 0 Å². The number of oxime groups is 1. The lowest BCUT2D eigenvalue weighted by atomic mass is 10.3. The number of hydrogen-bond acceptors (Lipinski definition) is 2. The van der Waals surface area contributed by atoms with Gasteiger partial charge in [-0.3, -0.25) is 0 Å². The molecule has 0 heterocycles. The summed E-state index contributed by atoms with van der Waals surface area (Å²) in [6.45, 7) is 5.48. The first-order valence-corrected chi connectivity index (χ1v) is 3.33. The summed E-state index contributed by atoms with van der Waals surface area (Å²) >= 11 is 1.69. The van der Waals surface area contributed by atoms with Gasteiger partial charge in [0.2, 0.25) is 23.0 Å². The fourth-order valence-corrected chi connectivity index (χ4v) is 0.440. The van der Waals surface area contributed by atoms with Crippen LogP contribution in [0.3, 0.4) is 0 Å². The molecule has 0 amide bonds. The van der Waals surface area contributed by atoms with Crippen molar-refractivity contribution in [3.63, 3.8) is 0 Å². The number of nitrogens with zero attached hydrogens (tertiary/aromatic N) is 1. The van der Waals surface area contributed by atoms with Crippen molar-refractivity contribution in [2.45, 2.75) is 6.92 Å². The van der Waals surface area contributed by atoms with Crippen LogP contribution in [0.4, 0.5) is 0 Å². The van der Waals surface area contributed by atoms with Gasteiger partial charge in [0.05, 0.1) is 6.21 Å². The Labute approximate surface area is 69.0 Å². The summed E-state index contributed by atoms with van der Waals surface area (Å²) in [6.07, 6.45) is 5.20. The fraction of sp³-hybridized carbons (Fsp3) is 0.167. The molecule has 0 atom stereocenters. The highest BCUT2D eigenvalue weighted by molar-refractivity contribution is 14.1. The lowest BCUT2D eigenvalue weighted by Gasteiger charge is -1.85. The largest absolute Gasteiger partial charge is 0.327 e. The maximum atomic E-state index is 4.43. The molecule has 0 N–H and O–H groups in total. The lowest BCUT2D eigenvalue weighted by Crippen LogP contribution is -1.76. The van der Waals surface area contributed by atoms with Crippen LogP contribution < -0.4 is 0 Å². The topological polar surface area (TPSA) is 21.6 Å². The molecule has 2 nitrogen and oxygen atoms in total. The molecule has 0 aromatic carbocycles. The van der Waals surface area contributed by atoms with E-state index in [0.717, 1.165) is 5.57 Å². The minimum Gasteiger partial charge on any atom is -0.327 e. The second-order valence-electron chi connectivity index (χ2n) is 1.30. The van der Waals surface area contributed by atoms with Gasteiger partial charge in [-0.1, -0.05) is 23.9 Å². The summed E-state index contributed by atoms with van der Waals surface area (Å²) in [4.78, 5) is 0. The Morgan fingerprint density at radius 1 is 1.78 bits per heavy atom. The summed E-state index contributed by atoms with van der Waals surface area (Å²) in [5, 5.41) is 3.54. The van der Waals surface area contributed by atoms with Gasteiger partial charge >= 0.3 is 0 Å².